The molecule has 1 fully saturated rings. The molecular formula is C17H18N2O3S. The van der Waals surface area contributed by atoms with Crippen molar-refractivity contribution in [1.82, 2.24) is 10.3 Å². The number of ether oxygens (including phenoxy) is 1. The maximum Gasteiger partial charge on any atom is 0.286 e. The molecule has 0 aliphatic carbocycles. The van der Waals surface area contributed by atoms with E-state index in [1.54, 1.807) is 6.20 Å². The number of thioether (sulfide) groups is 1. The molecule has 120 valence electrons. The Bertz CT molecular complexity index is 761. The van der Waals surface area contributed by atoms with E-state index >= 15 is 0 Å². The third-order valence-electron chi connectivity index (χ3n) is 3.48. The molecule has 2 aromatic rings. The van der Waals surface area contributed by atoms with E-state index in [-0.39, 0.29) is 16.4 Å². The van der Waals surface area contributed by atoms with Crippen LogP contribution in [0.5, 0.6) is 5.75 Å². The number of hydrogen-bond donors (Lipinski definition) is 1. The minimum atomic E-state index is -0.365. The van der Waals surface area contributed by atoms with Gasteiger partial charge in [0.05, 0.1) is 17.4 Å². The number of amides is 2. The average molecular weight is 330 g/mol. The lowest BCUT2D eigenvalue weighted by Crippen LogP contribution is -2.25. The summed E-state index contributed by atoms with van der Waals surface area (Å²) in [5, 5.41) is 2.66. The van der Waals surface area contributed by atoms with Crippen molar-refractivity contribution >= 4 is 33.8 Å². The van der Waals surface area contributed by atoms with Gasteiger partial charge in [-0.25, -0.2) is 0 Å². The number of nitrogens with one attached hydrogen (secondary N) is 1. The van der Waals surface area contributed by atoms with E-state index in [4.69, 9.17) is 4.74 Å². The molecule has 5 nitrogen and oxygen atoms in total. The van der Waals surface area contributed by atoms with Crippen molar-refractivity contribution < 1.29 is 14.3 Å². The average Bonchev–Trinajstić information content (AvgIpc) is 2.82. The van der Waals surface area contributed by atoms with Crippen LogP contribution in [0.15, 0.2) is 30.5 Å². The highest BCUT2D eigenvalue weighted by Gasteiger charge is 2.31. The Morgan fingerprint density at radius 2 is 2.13 bits per heavy atom. The van der Waals surface area contributed by atoms with Gasteiger partial charge in [-0.1, -0.05) is 25.6 Å². The highest BCUT2D eigenvalue weighted by atomic mass is 32.2. The number of hydrogen-bond acceptors (Lipinski definition) is 5. The third kappa shape index (κ3) is 3.82. The maximum atomic E-state index is 11.6. The van der Waals surface area contributed by atoms with E-state index in [9.17, 15) is 9.59 Å². The molecule has 3 rings (SSSR count). The van der Waals surface area contributed by atoms with Crippen LogP contribution in [0.4, 0.5) is 4.79 Å². The molecule has 1 aromatic heterocycles. The Hall–Kier alpha value is -2.08. The monoisotopic (exact) mass is 330 g/mol. The lowest BCUT2D eigenvalue weighted by atomic mass is 10.1. The highest BCUT2D eigenvalue weighted by molar-refractivity contribution is 8.15. The summed E-state index contributed by atoms with van der Waals surface area (Å²) < 4.78 is 5.71. The van der Waals surface area contributed by atoms with Gasteiger partial charge in [0.2, 0.25) is 5.91 Å². The normalized spacial score (nSPS) is 17.8. The van der Waals surface area contributed by atoms with Gasteiger partial charge < -0.3 is 4.74 Å². The molecule has 23 heavy (non-hydrogen) atoms. The smallest absolute Gasteiger partial charge is 0.286 e. The van der Waals surface area contributed by atoms with Gasteiger partial charge in [0.25, 0.3) is 5.24 Å². The summed E-state index contributed by atoms with van der Waals surface area (Å²) in [6.07, 6.45) is 2.25. The molecule has 0 spiro atoms. The second kappa shape index (κ2) is 6.58. The van der Waals surface area contributed by atoms with E-state index < -0.39 is 0 Å². The molecule has 1 saturated heterocycles. The second-order valence-corrected chi connectivity index (χ2v) is 7.17. The molecule has 1 unspecified atom stereocenters. The number of nitrogens with zero attached hydrogens (tertiary/aromatic N) is 1. The Labute approximate surface area is 138 Å². The van der Waals surface area contributed by atoms with E-state index in [2.05, 4.69) is 24.1 Å². The van der Waals surface area contributed by atoms with Crippen molar-refractivity contribution in [3.8, 4) is 5.75 Å². The van der Waals surface area contributed by atoms with Gasteiger partial charge in [0, 0.05) is 17.6 Å². The Morgan fingerprint density at radius 1 is 1.30 bits per heavy atom. The van der Waals surface area contributed by atoms with Crippen LogP contribution >= 0.6 is 11.8 Å². The first-order valence-corrected chi connectivity index (χ1v) is 8.42. The Morgan fingerprint density at radius 3 is 2.83 bits per heavy atom. The minimum Gasteiger partial charge on any atom is -0.493 e. The Balaban J connectivity index is 1.75. The molecule has 0 radical (unpaired) electrons. The van der Waals surface area contributed by atoms with E-state index in [0.717, 1.165) is 34.0 Å². The van der Waals surface area contributed by atoms with Crippen LogP contribution in [0.1, 0.15) is 19.4 Å². The zero-order chi connectivity index (χ0) is 16.4. The fourth-order valence-electron chi connectivity index (χ4n) is 2.35. The number of rotatable bonds is 5. The molecule has 6 heteroatoms. The largest absolute Gasteiger partial charge is 0.493 e. The number of pyridine rings is 1. The van der Waals surface area contributed by atoms with Gasteiger partial charge in [-0.15, -0.1) is 0 Å². The number of carbonyl (C=O) groups excluding carboxylic acids is 2. The molecule has 0 saturated carbocycles. The van der Waals surface area contributed by atoms with Gasteiger partial charge >= 0.3 is 0 Å². The molecule has 1 aliphatic heterocycles. The minimum absolute atomic E-state index is 0.225. The van der Waals surface area contributed by atoms with Crippen molar-refractivity contribution in [2.45, 2.75) is 25.5 Å². The van der Waals surface area contributed by atoms with Gasteiger partial charge in [-0.05, 0) is 36.1 Å². The van der Waals surface area contributed by atoms with Crippen molar-refractivity contribution in [1.29, 1.82) is 0 Å². The molecule has 0 bridgehead atoms. The summed E-state index contributed by atoms with van der Waals surface area (Å²) in [7, 11) is 0. The van der Waals surface area contributed by atoms with Gasteiger partial charge in [0.15, 0.2) is 0 Å². The van der Waals surface area contributed by atoms with Crippen molar-refractivity contribution in [2.75, 3.05) is 6.61 Å². The van der Waals surface area contributed by atoms with Gasteiger partial charge in [0.1, 0.15) is 5.75 Å². The first-order valence-electron chi connectivity index (χ1n) is 7.54. The summed E-state index contributed by atoms with van der Waals surface area (Å²) in [6, 6.07) is 7.82. The molecule has 1 aliphatic rings. The lowest BCUT2D eigenvalue weighted by Gasteiger charge is -2.10. The quantitative estimate of drug-likeness (QED) is 0.912. The van der Waals surface area contributed by atoms with Gasteiger partial charge in [-0.2, -0.15) is 0 Å². The molecule has 1 atom stereocenters. The van der Waals surface area contributed by atoms with Crippen LogP contribution in [0.2, 0.25) is 0 Å². The van der Waals surface area contributed by atoms with Crippen molar-refractivity contribution in [3.63, 3.8) is 0 Å². The number of aromatic nitrogens is 1. The summed E-state index contributed by atoms with van der Waals surface area (Å²) in [6.45, 7) is 4.88. The number of imide groups is 1. The van der Waals surface area contributed by atoms with Gasteiger partial charge in [-0.3, -0.25) is 19.9 Å². The van der Waals surface area contributed by atoms with E-state index in [1.165, 1.54) is 0 Å². The molecule has 2 heterocycles. The number of fused-ring (bicyclic) bond motifs is 1. The number of benzene rings is 1. The Kier molecular flexibility index (Phi) is 4.52. The molecule has 1 aromatic carbocycles. The first kappa shape index (κ1) is 15.8. The lowest BCUT2D eigenvalue weighted by molar-refractivity contribution is -0.118. The summed E-state index contributed by atoms with van der Waals surface area (Å²) in [4.78, 5) is 27.3. The SMILES string of the molecule is CC(C)COc1ccc2cc(CC3SC(=O)NC3=O)cnc2c1. The highest BCUT2D eigenvalue weighted by Crippen LogP contribution is 2.25. The maximum absolute atomic E-state index is 11.6. The zero-order valence-electron chi connectivity index (χ0n) is 13.0. The topological polar surface area (TPSA) is 68.3 Å². The standard InChI is InChI=1S/C17H18N2O3S/c1-10(2)9-22-13-4-3-12-5-11(8-18-14(12)7-13)6-15-16(20)19-17(21)23-15/h3-5,7-8,10,15H,6,9H2,1-2H3,(H,19,20,21). The zero-order valence-corrected chi connectivity index (χ0v) is 13.9. The fourth-order valence-corrected chi connectivity index (χ4v) is 3.21. The molecule has 2 amide bonds. The number of carbonyl (C=O) groups is 2. The molecule has 1 N–H and O–H groups in total. The summed E-state index contributed by atoms with van der Waals surface area (Å²) in [5.41, 5.74) is 1.80. The van der Waals surface area contributed by atoms with Crippen molar-refractivity contribution in [3.05, 3.63) is 36.0 Å². The van der Waals surface area contributed by atoms with Crippen LogP contribution < -0.4 is 10.1 Å². The second-order valence-electron chi connectivity index (χ2n) is 5.99. The summed E-state index contributed by atoms with van der Waals surface area (Å²) in [5.74, 6) is 1.05. The van der Waals surface area contributed by atoms with E-state index in [0.29, 0.717) is 18.9 Å². The first-order chi connectivity index (χ1) is 11.0. The third-order valence-corrected chi connectivity index (χ3v) is 4.47. The molecular weight excluding hydrogens is 312 g/mol. The van der Waals surface area contributed by atoms with Crippen LogP contribution in [0.3, 0.4) is 0 Å². The van der Waals surface area contributed by atoms with Crippen LogP contribution in [-0.2, 0) is 11.2 Å². The predicted molar refractivity (Wildman–Crippen MR) is 90.7 cm³/mol. The fraction of sp³-hybridized carbons (Fsp3) is 0.353. The predicted octanol–water partition coefficient (Wildman–Crippen LogP) is 3.16. The van der Waals surface area contributed by atoms with Crippen LogP contribution in [0.25, 0.3) is 10.9 Å². The summed E-state index contributed by atoms with van der Waals surface area (Å²) >= 11 is 1.04. The van der Waals surface area contributed by atoms with Crippen LogP contribution in [0, 0.1) is 5.92 Å². The van der Waals surface area contributed by atoms with Crippen LogP contribution in [-0.4, -0.2) is 28.0 Å². The van der Waals surface area contributed by atoms with Crippen molar-refractivity contribution in [2.24, 2.45) is 5.92 Å². The van der Waals surface area contributed by atoms with E-state index in [1.807, 2.05) is 24.3 Å².